The van der Waals surface area contributed by atoms with Crippen LogP contribution in [0.15, 0.2) is 0 Å². The lowest BCUT2D eigenvalue weighted by Crippen LogP contribution is -2.71. The Bertz CT molecular complexity index is 373. The molecule has 0 aromatic heterocycles. The van der Waals surface area contributed by atoms with Gasteiger partial charge in [-0.3, -0.25) is 4.79 Å². The van der Waals surface area contributed by atoms with Gasteiger partial charge >= 0.3 is 0 Å². The second-order valence-electron chi connectivity index (χ2n) is 7.21. The molecule has 3 heteroatoms. The fourth-order valence-corrected chi connectivity index (χ4v) is 4.82. The molecule has 1 saturated heterocycles. The highest BCUT2D eigenvalue weighted by Crippen LogP contribution is 2.62. The van der Waals surface area contributed by atoms with Gasteiger partial charge in [-0.2, -0.15) is 0 Å². The van der Waals surface area contributed by atoms with E-state index < -0.39 is 0 Å². The van der Waals surface area contributed by atoms with Crippen molar-refractivity contribution in [3.8, 4) is 0 Å². The molecule has 106 valence electrons. The van der Waals surface area contributed by atoms with Crippen molar-refractivity contribution in [2.24, 2.45) is 17.3 Å². The zero-order chi connectivity index (χ0) is 12.9. The average Bonchev–Trinajstić information content (AvgIpc) is 2.67. The molecule has 3 atom stereocenters. The van der Waals surface area contributed by atoms with E-state index in [0.717, 1.165) is 31.8 Å². The van der Waals surface area contributed by atoms with Gasteiger partial charge in [-0.15, -0.1) is 0 Å². The molecule has 0 radical (unpaired) electrons. The van der Waals surface area contributed by atoms with Crippen molar-refractivity contribution in [2.75, 3.05) is 6.61 Å². The lowest BCUT2D eigenvalue weighted by atomic mass is 9.46. The van der Waals surface area contributed by atoms with Gasteiger partial charge in [0.15, 0.2) is 0 Å². The highest BCUT2D eigenvalue weighted by molar-refractivity contribution is 5.76. The van der Waals surface area contributed by atoms with Crippen molar-refractivity contribution >= 4 is 5.91 Å². The molecule has 3 nitrogen and oxygen atoms in total. The van der Waals surface area contributed by atoms with Gasteiger partial charge in [-0.25, -0.2) is 0 Å². The first-order chi connectivity index (χ1) is 9.29. The normalized spacial score (nSPS) is 39.1. The number of hydrogen-bond acceptors (Lipinski definition) is 2. The van der Waals surface area contributed by atoms with Crippen LogP contribution in [0, 0.1) is 17.3 Å². The molecule has 3 saturated carbocycles. The zero-order valence-corrected chi connectivity index (χ0v) is 11.7. The summed E-state index contributed by atoms with van der Waals surface area (Å²) < 4.78 is 5.89. The van der Waals surface area contributed by atoms with E-state index in [1.54, 1.807) is 0 Å². The molecule has 3 aliphatic carbocycles. The number of carbonyl (C=O) groups excluding carboxylic acids is 1. The molecule has 4 fully saturated rings. The third kappa shape index (κ3) is 1.77. The van der Waals surface area contributed by atoms with Crippen LogP contribution in [0.1, 0.15) is 57.8 Å². The topological polar surface area (TPSA) is 38.3 Å². The van der Waals surface area contributed by atoms with Gasteiger partial charge in [0.25, 0.3) is 0 Å². The maximum atomic E-state index is 12.2. The van der Waals surface area contributed by atoms with Crippen LogP contribution in [0.5, 0.6) is 0 Å². The Morgan fingerprint density at radius 1 is 1.21 bits per heavy atom. The number of amides is 1. The van der Waals surface area contributed by atoms with Crippen molar-refractivity contribution < 1.29 is 9.53 Å². The van der Waals surface area contributed by atoms with Gasteiger partial charge in [-0.1, -0.05) is 25.7 Å². The van der Waals surface area contributed by atoms with Crippen molar-refractivity contribution in [1.82, 2.24) is 5.32 Å². The second-order valence-corrected chi connectivity index (χ2v) is 7.21. The van der Waals surface area contributed by atoms with E-state index >= 15 is 0 Å². The first-order valence-corrected chi connectivity index (χ1v) is 8.20. The Morgan fingerprint density at radius 3 is 2.68 bits per heavy atom. The third-order valence-electron chi connectivity index (χ3n) is 6.36. The molecule has 0 unspecified atom stereocenters. The summed E-state index contributed by atoms with van der Waals surface area (Å²) in [6.45, 7) is 0.908. The molecule has 1 spiro atoms. The summed E-state index contributed by atoms with van der Waals surface area (Å²) in [5, 5.41) is 3.37. The van der Waals surface area contributed by atoms with Gasteiger partial charge in [0, 0.05) is 30.4 Å². The fourth-order valence-electron chi connectivity index (χ4n) is 4.82. The highest BCUT2D eigenvalue weighted by Gasteiger charge is 2.66. The Morgan fingerprint density at radius 2 is 2.05 bits per heavy atom. The van der Waals surface area contributed by atoms with E-state index in [1.807, 2.05) is 0 Å². The van der Waals surface area contributed by atoms with Crippen molar-refractivity contribution in [3.63, 3.8) is 0 Å². The molecular weight excluding hydrogens is 238 g/mol. The van der Waals surface area contributed by atoms with E-state index in [1.165, 1.54) is 38.5 Å². The van der Waals surface area contributed by atoms with E-state index in [4.69, 9.17) is 4.74 Å². The molecule has 0 bridgehead atoms. The summed E-state index contributed by atoms with van der Waals surface area (Å²) in [5.74, 6) is 1.76. The summed E-state index contributed by atoms with van der Waals surface area (Å²) in [6, 6.07) is 0.433. The molecule has 4 rings (SSSR count). The Hall–Kier alpha value is -0.570. The van der Waals surface area contributed by atoms with Crippen LogP contribution in [0.3, 0.4) is 0 Å². The van der Waals surface area contributed by atoms with Crippen LogP contribution < -0.4 is 5.32 Å². The van der Waals surface area contributed by atoms with Crippen molar-refractivity contribution in [3.05, 3.63) is 0 Å². The monoisotopic (exact) mass is 263 g/mol. The number of fused-ring (bicyclic) bond motifs is 2. The van der Waals surface area contributed by atoms with Crippen LogP contribution in [0.2, 0.25) is 0 Å². The first kappa shape index (κ1) is 12.2. The lowest BCUT2D eigenvalue weighted by molar-refractivity contribution is -0.179. The van der Waals surface area contributed by atoms with E-state index in [-0.39, 0.29) is 0 Å². The van der Waals surface area contributed by atoms with Crippen LogP contribution >= 0.6 is 0 Å². The number of rotatable bonds is 4. The summed E-state index contributed by atoms with van der Waals surface area (Å²) >= 11 is 0. The lowest BCUT2D eigenvalue weighted by Gasteiger charge is -2.63. The Labute approximate surface area is 115 Å². The summed E-state index contributed by atoms with van der Waals surface area (Å²) in [4.78, 5) is 12.2. The predicted molar refractivity (Wildman–Crippen MR) is 72.6 cm³/mol. The largest absolute Gasteiger partial charge is 0.377 e. The highest BCUT2D eigenvalue weighted by atomic mass is 16.5. The first-order valence-electron chi connectivity index (χ1n) is 8.20. The van der Waals surface area contributed by atoms with E-state index in [0.29, 0.717) is 29.4 Å². The van der Waals surface area contributed by atoms with Gasteiger partial charge in [-0.05, 0) is 31.6 Å². The molecule has 19 heavy (non-hydrogen) atoms. The maximum Gasteiger partial charge on any atom is 0.220 e. The molecule has 0 aromatic carbocycles. The van der Waals surface area contributed by atoms with Crippen LogP contribution in [0.25, 0.3) is 0 Å². The van der Waals surface area contributed by atoms with Crippen molar-refractivity contribution in [2.45, 2.75) is 69.9 Å². The summed E-state index contributed by atoms with van der Waals surface area (Å²) in [5.41, 5.74) is 0.341. The number of ether oxygens (including phenoxy) is 1. The van der Waals surface area contributed by atoms with E-state index in [9.17, 15) is 4.79 Å². The zero-order valence-electron chi connectivity index (χ0n) is 11.7. The number of carbonyl (C=O) groups is 1. The SMILES string of the molecule is O=C(CCC1CCC1)N[C@@H]1[C@H]2CCO[C@H]2C12CCC2. The summed E-state index contributed by atoms with van der Waals surface area (Å²) in [7, 11) is 0. The van der Waals surface area contributed by atoms with E-state index in [2.05, 4.69) is 5.32 Å². The number of nitrogens with one attached hydrogen (secondary N) is 1. The molecule has 1 N–H and O–H groups in total. The molecule has 1 amide bonds. The van der Waals surface area contributed by atoms with Crippen LogP contribution in [-0.2, 0) is 9.53 Å². The third-order valence-corrected chi connectivity index (χ3v) is 6.36. The molecule has 4 aliphatic rings. The standard InChI is InChI=1S/C16H25NO2/c18-13(6-5-11-3-1-4-11)17-14-12-7-10-19-15(12)16(14)8-2-9-16/h11-12,14-15H,1-10H2,(H,17,18)/t12-,14-,15-/m1/s1. The van der Waals surface area contributed by atoms with Gasteiger partial charge in [0.2, 0.25) is 5.91 Å². The maximum absolute atomic E-state index is 12.2. The van der Waals surface area contributed by atoms with Crippen LogP contribution in [0.4, 0.5) is 0 Å². The van der Waals surface area contributed by atoms with Gasteiger partial charge < -0.3 is 10.1 Å². The fraction of sp³-hybridized carbons (Fsp3) is 0.938. The van der Waals surface area contributed by atoms with Gasteiger partial charge in [0.1, 0.15) is 0 Å². The molecule has 1 heterocycles. The smallest absolute Gasteiger partial charge is 0.220 e. The quantitative estimate of drug-likeness (QED) is 0.847. The Balaban J connectivity index is 1.32. The molecular formula is C16H25NO2. The van der Waals surface area contributed by atoms with Crippen LogP contribution in [-0.4, -0.2) is 24.7 Å². The van der Waals surface area contributed by atoms with Crippen molar-refractivity contribution in [1.29, 1.82) is 0 Å². The molecule has 0 aromatic rings. The predicted octanol–water partition coefficient (Wildman–Crippen LogP) is 2.64. The number of hydrogen-bond donors (Lipinski definition) is 1. The Kier molecular flexibility index (Phi) is 2.87. The summed E-state index contributed by atoms with van der Waals surface area (Å²) in [6.07, 6.45) is 11.4. The second kappa shape index (κ2) is 4.47. The average molecular weight is 263 g/mol. The minimum atomic E-state index is 0.300. The molecule has 1 aliphatic heterocycles. The minimum absolute atomic E-state index is 0.300. The minimum Gasteiger partial charge on any atom is -0.377 e. The van der Waals surface area contributed by atoms with Gasteiger partial charge in [0.05, 0.1) is 6.10 Å².